The average Bonchev–Trinajstić information content (AvgIpc) is 3.15. The molecular weight excluding hydrogens is 392 g/mol. The van der Waals surface area contributed by atoms with Crippen LogP contribution in [0.25, 0.3) is 0 Å². The molecule has 10 heteroatoms. The van der Waals surface area contributed by atoms with Gasteiger partial charge in [0.05, 0.1) is 18.1 Å². The average molecular weight is 417 g/mol. The van der Waals surface area contributed by atoms with E-state index in [2.05, 4.69) is 4.90 Å². The Morgan fingerprint density at radius 1 is 1.21 bits per heavy atom. The molecule has 0 radical (unpaired) electrons. The van der Waals surface area contributed by atoms with Gasteiger partial charge >= 0.3 is 0 Å². The quantitative estimate of drug-likeness (QED) is 0.688. The van der Waals surface area contributed by atoms with E-state index >= 15 is 0 Å². The Balaban J connectivity index is 1.65. The fourth-order valence-electron chi connectivity index (χ4n) is 3.64. The van der Waals surface area contributed by atoms with Crippen LogP contribution in [0.3, 0.4) is 0 Å². The third-order valence-electron chi connectivity index (χ3n) is 5.26. The van der Waals surface area contributed by atoms with Crippen molar-refractivity contribution in [1.82, 2.24) is 14.1 Å². The number of carbonyl (C=O) groups is 1. The number of morpholine rings is 1. The first-order valence-electron chi connectivity index (χ1n) is 9.31. The molecule has 7 nitrogen and oxygen atoms in total. The van der Waals surface area contributed by atoms with Gasteiger partial charge in [0.25, 0.3) is 0 Å². The number of benzene rings is 1. The third kappa shape index (κ3) is 4.68. The van der Waals surface area contributed by atoms with Gasteiger partial charge in [-0.25, -0.2) is 17.2 Å². The van der Waals surface area contributed by atoms with Crippen LogP contribution < -0.4 is 0 Å². The highest BCUT2D eigenvalue weighted by Gasteiger charge is 2.36. The van der Waals surface area contributed by atoms with Crippen LogP contribution in [0.1, 0.15) is 13.3 Å². The fraction of sp³-hybridized carbons (Fsp3) is 0.611. The molecule has 2 aliphatic rings. The normalized spacial score (nSPS) is 21.8. The summed E-state index contributed by atoms with van der Waals surface area (Å²) in [6, 6.07) is 2.32. The van der Waals surface area contributed by atoms with Gasteiger partial charge in [-0.1, -0.05) is 0 Å². The van der Waals surface area contributed by atoms with Gasteiger partial charge in [0, 0.05) is 52.2 Å². The van der Waals surface area contributed by atoms with Crippen LogP contribution in [0.2, 0.25) is 0 Å². The fourth-order valence-corrected chi connectivity index (χ4v) is 5.15. The Morgan fingerprint density at radius 2 is 1.93 bits per heavy atom. The topological polar surface area (TPSA) is 70.2 Å². The predicted octanol–water partition coefficient (Wildman–Crippen LogP) is 0.909. The van der Waals surface area contributed by atoms with Crippen LogP contribution in [0, 0.1) is 11.6 Å². The summed E-state index contributed by atoms with van der Waals surface area (Å²) in [5.74, 6) is -2.40. The molecule has 0 saturated carbocycles. The molecule has 2 saturated heterocycles. The van der Waals surface area contributed by atoms with Crippen LogP contribution in [0.15, 0.2) is 23.1 Å². The molecule has 156 valence electrons. The lowest BCUT2D eigenvalue weighted by Gasteiger charge is -2.32. The van der Waals surface area contributed by atoms with Crippen molar-refractivity contribution in [3.8, 4) is 0 Å². The first kappa shape index (κ1) is 21.1. The molecule has 1 aromatic carbocycles. The Hall–Kier alpha value is -1.62. The predicted molar refractivity (Wildman–Crippen MR) is 98.2 cm³/mol. The highest BCUT2D eigenvalue weighted by Crippen LogP contribution is 2.25. The minimum atomic E-state index is -3.94. The van der Waals surface area contributed by atoms with Crippen molar-refractivity contribution in [3.05, 3.63) is 29.8 Å². The van der Waals surface area contributed by atoms with Gasteiger partial charge in [0.1, 0.15) is 0 Å². The molecule has 0 N–H and O–H groups in total. The van der Waals surface area contributed by atoms with Crippen molar-refractivity contribution in [3.63, 3.8) is 0 Å². The molecule has 0 aliphatic carbocycles. The summed E-state index contributed by atoms with van der Waals surface area (Å²) < 4.78 is 58.6. The number of hydrogen-bond donors (Lipinski definition) is 0. The number of amides is 1. The van der Waals surface area contributed by atoms with Gasteiger partial charge in [-0.3, -0.25) is 9.69 Å². The Labute approximate surface area is 163 Å². The molecule has 2 heterocycles. The van der Waals surface area contributed by atoms with Gasteiger partial charge in [0.2, 0.25) is 15.9 Å². The number of halogens is 2. The van der Waals surface area contributed by atoms with E-state index in [9.17, 15) is 22.0 Å². The number of hydrogen-bond acceptors (Lipinski definition) is 5. The number of sulfonamides is 1. The van der Waals surface area contributed by atoms with Crippen molar-refractivity contribution in [2.45, 2.75) is 24.3 Å². The smallest absolute Gasteiger partial charge is 0.243 e. The molecule has 1 unspecified atom stereocenters. The van der Waals surface area contributed by atoms with E-state index in [1.54, 1.807) is 4.90 Å². The standard InChI is InChI=1S/C18H25F2N3O4S/c1-14(24)23(7-6-21-8-10-27-11-9-21)15-4-5-22(13-15)28(25,26)16-2-3-17(19)18(20)12-16/h2-3,12,15H,4-11,13H2,1H3. The summed E-state index contributed by atoms with van der Waals surface area (Å²) in [7, 11) is -3.94. The maximum Gasteiger partial charge on any atom is 0.243 e. The van der Waals surface area contributed by atoms with Gasteiger partial charge in [-0.05, 0) is 24.6 Å². The monoisotopic (exact) mass is 417 g/mol. The lowest BCUT2D eigenvalue weighted by atomic mass is 10.2. The highest BCUT2D eigenvalue weighted by molar-refractivity contribution is 7.89. The maximum atomic E-state index is 13.5. The summed E-state index contributed by atoms with van der Waals surface area (Å²) in [5, 5.41) is 0. The van der Waals surface area contributed by atoms with Crippen LogP contribution in [-0.4, -0.2) is 87.0 Å². The zero-order valence-electron chi connectivity index (χ0n) is 15.8. The number of rotatable bonds is 6. The first-order valence-corrected chi connectivity index (χ1v) is 10.8. The van der Waals surface area contributed by atoms with Gasteiger partial charge in [-0.2, -0.15) is 4.31 Å². The van der Waals surface area contributed by atoms with E-state index in [-0.39, 0.29) is 29.9 Å². The lowest BCUT2D eigenvalue weighted by Crippen LogP contribution is -2.47. The third-order valence-corrected chi connectivity index (χ3v) is 7.12. The Morgan fingerprint density at radius 3 is 2.57 bits per heavy atom. The van der Waals surface area contributed by atoms with E-state index in [1.807, 2.05) is 0 Å². The van der Waals surface area contributed by atoms with Crippen molar-refractivity contribution in [2.24, 2.45) is 0 Å². The summed E-state index contributed by atoms with van der Waals surface area (Å²) in [4.78, 5) is 15.8. The summed E-state index contributed by atoms with van der Waals surface area (Å²) in [6.07, 6.45) is 0.506. The Bertz CT molecular complexity index is 815. The van der Waals surface area contributed by atoms with E-state index in [0.29, 0.717) is 38.8 Å². The number of carbonyl (C=O) groups excluding carboxylic acids is 1. The van der Waals surface area contributed by atoms with Crippen LogP contribution >= 0.6 is 0 Å². The minimum absolute atomic E-state index is 0.106. The molecule has 2 fully saturated rings. The summed E-state index contributed by atoms with van der Waals surface area (Å²) >= 11 is 0. The molecule has 1 atom stereocenters. The van der Waals surface area contributed by atoms with E-state index in [1.165, 1.54) is 11.2 Å². The SMILES string of the molecule is CC(=O)N(CCN1CCOCC1)C1CCN(S(=O)(=O)c2ccc(F)c(F)c2)C1. The van der Waals surface area contributed by atoms with E-state index < -0.39 is 21.7 Å². The summed E-state index contributed by atoms with van der Waals surface area (Å²) in [5.41, 5.74) is 0. The Kier molecular flexibility index (Phi) is 6.64. The molecule has 1 amide bonds. The van der Waals surface area contributed by atoms with Gasteiger partial charge in [-0.15, -0.1) is 0 Å². The molecule has 0 spiro atoms. The molecule has 2 aliphatic heterocycles. The molecule has 28 heavy (non-hydrogen) atoms. The molecule has 0 bridgehead atoms. The zero-order valence-corrected chi connectivity index (χ0v) is 16.6. The van der Waals surface area contributed by atoms with Crippen molar-refractivity contribution in [2.75, 3.05) is 52.5 Å². The second-order valence-corrected chi connectivity index (χ2v) is 8.99. The van der Waals surface area contributed by atoms with Crippen molar-refractivity contribution in [1.29, 1.82) is 0 Å². The first-order chi connectivity index (χ1) is 13.3. The van der Waals surface area contributed by atoms with Crippen molar-refractivity contribution < 1.29 is 26.7 Å². The van der Waals surface area contributed by atoms with Crippen molar-refractivity contribution >= 4 is 15.9 Å². The largest absolute Gasteiger partial charge is 0.379 e. The number of nitrogens with zero attached hydrogens (tertiary/aromatic N) is 3. The van der Waals surface area contributed by atoms with Gasteiger partial charge in [0.15, 0.2) is 11.6 Å². The summed E-state index contributed by atoms with van der Waals surface area (Å²) in [6.45, 7) is 6.03. The van der Waals surface area contributed by atoms with Crippen LogP contribution in [-0.2, 0) is 19.6 Å². The van der Waals surface area contributed by atoms with E-state index in [0.717, 1.165) is 25.2 Å². The molecule has 0 aromatic heterocycles. The maximum absolute atomic E-state index is 13.5. The van der Waals surface area contributed by atoms with Crippen LogP contribution in [0.5, 0.6) is 0 Å². The molecule has 3 rings (SSSR count). The second-order valence-electron chi connectivity index (χ2n) is 7.05. The second kappa shape index (κ2) is 8.81. The molecular formula is C18H25F2N3O4S. The lowest BCUT2D eigenvalue weighted by molar-refractivity contribution is -0.131. The molecule has 1 aromatic rings. The van der Waals surface area contributed by atoms with Gasteiger partial charge < -0.3 is 9.64 Å². The van der Waals surface area contributed by atoms with E-state index in [4.69, 9.17) is 4.74 Å². The van der Waals surface area contributed by atoms with Crippen LogP contribution in [0.4, 0.5) is 8.78 Å². The zero-order chi connectivity index (χ0) is 20.3. The highest BCUT2D eigenvalue weighted by atomic mass is 32.2. The minimum Gasteiger partial charge on any atom is -0.379 e. The number of ether oxygens (including phenoxy) is 1.